The first-order valence-electron chi connectivity index (χ1n) is 4.32. The molecule has 0 bridgehead atoms. The Labute approximate surface area is 81.9 Å². The van der Waals surface area contributed by atoms with Crippen molar-refractivity contribution >= 4 is 11.9 Å². The summed E-state index contributed by atoms with van der Waals surface area (Å²) in [4.78, 5) is 21.2. The second-order valence-electron chi connectivity index (χ2n) is 2.67. The minimum atomic E-state index is -1.59. The molecule has 6 nitrogen and oxygen atoms in total. The summed E-state index contributed by atoms with van der Waals surface area (Å²) in [5.41, 5.74) is -1.59. The van der Waals surface area contributed by atoms with E-state index in [1.54, 1.807) is 13.8 Å². The van der Waals surface area contributed by atoms with E-state index in [9.17, 15) is 9.59 Å². The first-order valence-corrected chi connectivity index (χ1v) is 4.32. The van der Waals surface area contributed by atoms with E-state index in [0.29, 0.717) is 0 Å². The van der Waals surface area contributed by atoms with Crippen molar-refractivity contribution in [1.82, 2.24) is 5.32 Å². The Balaban J connectivity index is 4.49. The lowest BCUT2D eigenvalue weighted by atomic mass is 10.1. The van der Waals surface area contributed by atoms with E-state index in [2.05, 4.69) is 5.32 Å². The van der Waals surface area contributed by atoms with Gasteiger partial charge in [-0.25, -0.2) is 4.79 Å². The predicted molar refractivity (Wildman–Crippen MR) is 47.9 cm³/mol. The maximum Gasteiger partial charge on any atom is 0.351 e. The average molecular weight is 205 g/mol. The summed E-state index contributed by atoms with van der Waals surface area (Å²) < 4.78 is 5.02. The molecule has 0 aromatic heterocycles. The molecule has 0 saturated carbocycles. The zero-order valence-electron chi connectivity index (χ0n) is 8.24. The minimum absolute atomic E-state index is 0.156. The Hall–Kier alpha value is -1.14. The normalized spacial score (nSPS) is 14.7. The van der Waals surface area contributed by atoms with Crippen LogP contribution in [0.2, 0.25) is 0 Å². The molecule has 0 heterocycles. The fourth-order valence-corrected chi connectivity index (χ4v) is 1.03. The minimum Gasteiger partial charge on any atom is -0.480 e. The second kappa shape index (κ2) is 5.56. The summed E-state index contributed by atoms with van der Waals surface area (Å²) in [7, 11) is 0. The lowest BCUT2D eigenvalue weighted by Crippen LogP contribution is -2.55. The molecule has 0 fully saturated rings. The summed E-state index contributed by atoms with van der Waals surface area (Å²) >= 11 is 0. The Bertz CT molecular complexity index is 218. The highest BCUT2D eigenvalue weighted by Crippen LogP contribution is 2.12. The van der Waals surface area contributed by atoms with Gasteiger partial charge in [-0.1, -0.05) is 6.92 Å². The molecule has 0 aliphatic carbocycles. The van der Waals surface area contributed by atoms with Crippen LogP contribution in [0.25, 0.3) is 0 Å². The highest BCUT2D eigenvalue weighted by Gasteiger charge is 2.37. The zero-order chi connectivity index (χ0) is 11.2. The quantitative estimate of drug-likeness (QED) is 0.502. The molecule has 0 aromatic rings. The van der Waals surface area contributed by atoms with Gasteiger partial charge < -0.3 is 14.9 Å². The van der Waals surface area contributed by atoms with E-state index >= 15 is 0 Å². The van der Waals surface area contributed by atoms with Gasteiger partial charge in [0.2, 0.25) is 5.72 Å². The van der Waals surface area contributed by atoms with Crippen LogP contribution in [0.3, 0.4) is 0 Å². The fraction of sp³-hybridized carbons (Fsp3) is 0.750. The summed E-state index contributed by atoms with van der Waals surface area (Å²) in [6.45, 7) is 3.02. The Kier molecular flexibility index (Phi) is 5.11. The number of carboxylic acid groups (broad SMARTS) is 2. The van der Waals surface area contributed by atoms with Crippen LogP contribution in [0.15, 0.2) is 0 Å². The summed E-state index contributed by atoms with van der Waals surface area (Å²) in [6, 6.07) is 0. The molecule has 0 rings (SSSR count). The lowest BCUT2D eigenvalue weighted by molar-refractivity contribution is -0.172. The van der Waals surface area contributed by atoms with Gasteiger partial charge >= 0.3 is 11.9 Å². The summed E-state index contributed by atoms with van der Waals surface area (Å²) in [5, 5.41) is 19.7. The van der Waals surface area contributed by atoms with Crippen molar-refractivity contribution in [1.29, 1.82) is 0 Å². The lowest BCUT2D eigenvalue weighted by Gasteiger charge is -2.28. The molecule has 14 heavy (non-hydrogen) atoms. The van der Waals surface area contributed by atoms with Crippen molar-refractivity contribution in [2.24, 2.45) is 0 Å². The van der Waals surface area contributed by atoms with Crippen molar-refractivity contribution in [2.75, 3.05) is 13.2 Å². The van der Waals surface area contributed by atoms with Gasteiger partial charge in [0, 0.05) is 6.61 Å². The molecular weight excluding hydrogens is 190 g/mol. The summed E-state index contributed by atoms with van der Waals surface area (Å²) in [5.74, 6) is -2.33. The van der Waals surface area contributed by atoms with E-state index in [1.165, 1.54) is 0 Å². The van der Waals surface area contributed by atoms with Crippen molar-refractivity contribution in [3.8, 4) is 0 Å². The van der Waals surface area contributed by atoms with E-state index in [1.807, 2.05) is 0 Å². The number of hydrogen-bond acceptors (Lipinski definition) is 4. The third-order valence-corrected chi connectivity index (χ3v) is 1.76. The van der Waals surface area contributed by atoms with Crippen LogP contribution in [0, 0.1) is 0 Å². The average Bonchev–Trinajstić information content (AvgIpc) is 2.11. The molecule has 6 heteroatoms. The Morgan fingerprint density at radius 1 is 1.36 bits per heavy atom. The predicted octanol–water partition coefficient (Wildman–Crippen LogP) is -0.112. The Morgan fingerprint density at radius 2 is 1.93 bits per heavy atom. The molecule has 0 spiro atoms. The standard InChI is InChI=1S/C8H15NO5/c1-3-8(7(12)13,14-4-2)9-5-6(10)11/h9H,3-5H2,1-2H3,(H,10,11)(H,12,13). The topological polar surface area (TPSA) is 95.9 Å². The van der Waals surface area contributed by atoms with E-state index in [0.717, 1.165) is 0 Å². The van der Waals surface area contributed by atoms with Crippen molar-refractivity contribution < 1.29 is 24.5 Å². The molecule has 0 saturated heterocycles. The highest BCUT2D eigenvalue weighted by atomic mass is 16.5. The molecule has 0 aliphatic rings. The van der Waals surface area contributed by atoms with Crippen LogP contribution in [-0.4, -0.2) is 41.0 Å². The van der Waals surface area contributed by atoms with Gasteiger partial charge in [0.15, 0.2) is 0 Å². The Morgan fingerprint density at radius 3 is 2.21 bits per heavy atom. The number of hydrogen-bond donors (Lipinski definition) is 3. The van der Waals surface area contributed by atoms with Crippen LogP contribution in [0.4, 0.5) is 0 Å². The third-order valence-electron chi connectivity index (χ3n) is 1.76. The van der Waals surface area contributed by atoms with Crippen LogP contribution >= 0.6 is 0 Å². The number of carbonyl (C=O) groups is 2. The number of ether oxygens (including phenoxy) is 1. The second-order valence-corrected chi connectivity index (χ2v) is 2.67. The molecule has 1 unspecified atom stereocenters. The molecule has 1 atom stereocenters. The zero-order valence-corrected chi connectivity index (χ0v) is 8.24. The summed E-state index contributed by atoms with van der Waals surface area (Å²) in [6.07, 6.45) is 0.156. The third kappa shape index (κ3) is 3.31. The van der Waals surface area contributed by atoms with Gasteiger partial charge in [0.1, 0.15) is 0 Å². The molecule has 82 valence electrons. The van der Waals surface area contributed by atoms with Gasteiger partial charge in [-0.05, 0) is 13.3 Å². The first kappa shape index (κ1) is 12.9. The van der Waals surface area contributed by atoms with Crippen LogP contribution in [0.5, 0.6) is 0 Å². The van der Waals surface area contributed by atoms with E-state index in [-0.39, 0.29) is 13.0 Å². The van der Waals surface area contributed by atoms with Crippen LogP contribution in [-0.2, 0) is 14.3 Å². The molecule has 0 amide bonds. The van der Waals surface area contributed by atoms with Gasteiger partial charge in [0.05, 0.1) is 6.54 Å². The van der Waals surface area contributed by atoms with E-state index < -0.39 is 24.2 Å². The molecule has 0 aromatic carbocycles. The molecule has 0 aliphatic heterocycles. The molecule has 0 radical (unpaired) electrons. The molecule has 3 N–H and O–H groups in total. The van der Waals surface area contributed by atoms with Gasteiger partial charge in [-0.15, -0.1) is 0 Å². The monoisotopic (exact) mass is 205 g/mol. The number of aliphatic carboxylic acids is 2. The number of rotatable bonds is 7. The van der Waals surface area contributed by atoms with Crippen molar-refractivity contribution in [3.05, 3.63) is 0 Å². The van der Waals surface area contributed by atoms with Gasteiger partial charge in [-0.3, -0.25) is 10.1 Å². The number of carboxylic acids is 2. The van der Waals surface area contributed by atoms with Crippen molar-refractivity contribution in [2.45, 2.75) is 26.0 Å². The van der Waals surface area contributed by atoms with Crippen LogP contribution in [0.1, 0.15) is 20.3 Å². The van der Waals surface area contributed by atoms with Gasteiger partial charge in [0.25, 0.3) is 0 Å². The number of nitrogens with one attached hydrogen (secondary N) is 1. The highest BCUT2D eigenvalue weighted by molar-refractivity contribution is 5.78. The van der Waals surface area contributed by atoms with Crippen LogP contribution < -0.4 is 5.32 Å². The molecular formula is C8H15NO5. The van der Waals surface area contributed by atoms with Gasteiger partial charge in [-0.2, -0.15) is 0 Å². The maximum atomic E-state index is 10.9. The maximum absolute atomic E-state index is 10.9. The van der Waals surface area contributed by atoms with Crippen molar-refractivity contribution in [3.63, 3.8) is 0 Å². The fourth-order valence-electron chi connectivity index (χ4n) is 1.03. The SMILES string of the molecule is CCOC(CC)(NCC(=O)O)C(=O)O. The largest absolute Gasteiger partial charge is 0.480 e. The van der Waals surface area contributed by atoms with E-state index in [4.69, 9.17) is 14.9 Å². The smallest absolute Gasteiger partial charge is 0.351 e. The first-order chi connectivity index (χ1) is 6.48.